The minimum absolute atomic E-state index is 0.0248. The van der Waals surface area contributed by atoms with Crippen molar-refractivity contribution in [3.63, 3.8) is 0 Å². The van der Waals surface area contributed by atoms with Gasteiger partial charge in [0.1, 0.15) is 6.54 Å². The highest BCUT2D eigenvalue weighted by atomic mass is 16.2. The second-order valence-corrected chi connectivity index (χ2v) is 7.81. The third-order valence-corrected chi connectivity index (χ3v) is 5.80. The Labute approximate surface area is 166 Å². The number of hydrogen-bond donors (Lipinski definition) is 0. The largest absolute Gasteiger partial charge is 0.372 e. The maximum atomic E-state index is 12.6. The molecule has 3 rings (SSSR count). The quantitative estimate of drug-likeness (QED) is 0.721. The maximum absolute atomic E-state index is 12.6. The van der Waals surface area contributed by atoms with Gasteiger partial charge in [-0.2, -0.15) is 0 Å². The summed E-state index contributed by atoms with van der Waals surface area (Å²) in [4.78, 5) is 42.9. The zero-order valence-corrected chi connectivity index (χ0v) is 16.8. The molecule has 1 aromatic rings. The van der Waals surface area contributed by atoms with Crippen LogP contribution < -0.4 is 9.80 Å². The summed E-state index contributed by atoms with van der Waals surface area (Å²) in [6.07, 6.45) is 3.22. The number of nitrogens with zero attached hydrogens (tertiary/aromatic N) is 4. The van der Waals surface area contributed by atoms with Gasteiger partial charge in [0.25, 0.3) is 0 Å². The first-order valence-electron chi connectivity index (χ1n) is 10.1. The van der Waals surface area contributed by atoms with Crippen LogP contribution in [0.2, 0.25) is 0 Å². The molecule has 2 saturated heterocycles. The van der Waals surface area contributed by atoms with Crippen LogP contribution in [0, 0.1) is 5.92 Å². The van der Waals surface area contributed by atoms with Crippen LogP contribution in [0.3, 0.4) is 0 Å². The van der Waals surface area contributed by atoms with Gasteiger partial charge in [0, 0.05) is 57.6 Å². The third kappa shape index (κ3) is 4.82. The number of amides is 3. The van der Waals surface area contributed by atoms with Crippen molar-refractivity contribution in [3.8, 4) is 0 Å². The molecule has 0 saturated carbocycles. The number of benzene rings is 1. The number of carbonyl (C=O) groups excluding carboxylic acids is 3. The SMILES string of the molecule is CC(=O)N(CC(=O)N1CCN(C=O)CC1)c1ccc(N2CCC(C)CC2)cc1. The van der Waals surface area contributed by atoms with Gasteiger partial charge < -0.3 is 19.6 Å². The summed E-state index contributed by atoms with van der Waals surface area (Å²) in [5.74, 6) is 0.539. The molecule has 2 aliphatic rings. The minimum atomic E-state index is -0.153. The lowest BCUT2D eigenvalue weighted by Gasteiger charge is -2.34. The van der Waals surface area contributed by atoms with Crippen LogP contribution in [0.1, 0.15) is 26.7 Å². The van der Waals surface area contributed by atoms with Crippen LogP contribution >= 0.6 is 0 Å². The Morgan fingerprint density at radius 1 is 1.04 bits per heavy atom. The van der Waals surface area contributed by atoms with Gasteiger partial charge in [-0.1, -0.05) is 6.92 Å². The lowest BCUT2D eigenvalue weighted by Crippen LogP contribution is -2.51. The first-order valence-corrected chi connectivity index (χ1v) is 10.1. The summed E-state index contributed by atoms with van der Waals surface area (Å²) in [5.41, 5.74) is 1.90. The Hall–Kier alpha value is -2.57. The van der Waals surface area contributed by atoms with Gasteiger partial charge in [0.05, 0.1) is 0 Å². The highest BCUT2D eigenvalue weighted by Gasteiger charge is 2.24. The zero-order valence-electron chi connectivity index (χ0n) is 16.8. The highest BCUT2D eigenvalue weighted by Crippen LogP contribution is 2.25. The van der Waals surface area contributed by atoms with Gasteiger partial charge in [0.2, 0.25) is 18.2 Å². The van der Waals surface area contributed by atoms with E-state index in [0.29, 0.717) is 26.2 Å². The lowest BCUT2D eigenvalue weighted by atomic mass is 9.99. The molecule has 0 radical (unpaired) electrons. The summed E-state index contributed by atoms with van der Waals surface area (Å²) >= 11 is 0. The van der Waals surface area contributed by atoms with E-state index >= 15 is 0 Å². The summed E-state index contributed by atoms with van der Waals surface area (Å²) in [7, 11) is 0. The summed E-state index contributed by atoms with van der Waals surface area (Å²) in [5, 5.41) is 0. The van der Waals surface area contributed by atoms with E-state index in [1.54, 1.807) is 9.80 Å². The van der Waals surface area contributed by atoms with Gasteiger partial charge in [0.15, 0.2) is 0 Å². The van der Waals surface area contributed by atoms with E-state index in [2.05, 4.69) is 11.8 Å². The number of rotatable bonds is 5. The normalized spacial score (nSPS) is 18.1. The van der Waals surface area contributed by atoms with Crippen molar-refractivity contribution < 1.29 is 14.4 Å². The number of piperazine rings is 1. The molecule has 0 N–H and O–H groups in total. The first kappa shape index (κ1) is 20.2. The molecule has 3 amide bonds. The lowest BCUT2D eigenvalue weighted by molar-refractivity contribution is -0.134. The Bertz CT molecular complexity index is 690. The van der Waals surface area contributed by atoms with Gasteiger partial charge in [-0.25, -0.2) is 0 Å². The third-order valence-electron chi connectivity index (χ3n) is 5.80. The van der Waals surface area contributed by atoms with E-state index < -0.39 is 0 Å². The van der Waals surface area contributed by atoms with Crippen molar-refractivity contribution >= 4 is 29.6 Å². The molecule has 2 fully saturated rings. The van der Waals surface area contributed by atoms with E-state index in [-0.39, 0.29) is 18.4 Å². The van der Waals surface area contributed by atoms with E-state index in [9.17, 15) is 14.4 Å². The molecule has 0 aromatic heterocycles. The minimum Gasteiger partial charge on any atom is -0.372 e. The van der Waals surface area contributed by atoms with E-state index in [1.807, 2.05) is 24.3 Å². The molecule has 28 heavy (non-hydrogen) atoms. The molecule has 7 heteroatoms. The Morgan fingerprint density at radius 3 is 2.18 bits per heavy atom. The monoisotopic (exact) mass is 386 g/mol. The van der Waals surface area contributed by atoms with Gasteiger partial charge >= 0.3 is 0 Å². The molecule has 0 unspecified atom stereocenters. The van der Waals surface area contributed by atoms with Crippen molar-refractivity contribution in [3.05, 3.63) is 24.3 Å². The molecule has 0 spiro atoms. The standard InChI is InChI=1S/C21H30N4O3/c1-17-7-9-23(10-8-17)19-3-5-20(6-4-19)25(18(2)27)15-21(28)24-13-11-22(16-26)12-14-24/h3-6,16-17H,7-15H2,1-2H3. The molecular weight excluding hydrogens is 356 g/mol. The molecule has 2 heterocycles. The average molecular weight is 386 g/mol. The molecule has 0 aliphatic carbocycles. The molecule has 0 bridgehead atoms. The molecular formula is C21H30N4O3. The van der Waals surface area contributed by atoms with Crippen LogP contribution in [0.4, 0.5) is 11.4 Å². The topological polar surface area (TPSA) is 64.2 Å². The molecule has 152 valence electrons. The van der Waals surface area contributed by atoms with Crippen molar-refractivity contribution in [2.75, 3.05) is 55.6 Å². The van der Waals surface area contributed by atoms with Gasteiger partial charge in [-0.15, -0.1) is 0 Å². The molecule has 0 atom stereocenters. The van der Waals surface area contributed by atoms with Crippen molar-refractivity contribution in [1.29, 1.82) is 0 Å². The van der Waals surface area contributed by atoms with Crippen LogP contribution in [0.5, 0.6) is 0 Å². The fourth-order valence-corrected chi connectivity index (χ4v) is 3.81. The fraction of sp³-hybridized carbons (Fsp3) is 0.571. The van der Waals surface area contributed by atoms with Crippen molar-refractivity contribution in [2.24, 2.45) is 5.92 Å². The van der Waals surface area contributed by atoms with Crippen molar-refractivity contribution in [2.45, 2.75) is 26.7 Å². The molecule has 7 nitrogen and oxygen atoms in total. The van der Waals surface area contributed by atoms with E-state index in [0.717, 1.165) is 36.8 Å². The second kappa shape index (κ2) is 9.08. The Balaban J connectivity index is 1.63. The predicted molar refractivity (Wildman–Crippen MR) is 109 cm³/mol. The average Bonchev–Trinajstić information content (AvgIpc) is 2.72. The maximum Gasteiger partial charge on any atom is 0.242 e. The van der Waals surface area contributed by atoms with Gasteiger partial charge in [-0.05, 0) is 43.0 Å². The molecule has 1 aromatic carbocycles. The summed E-state index contributed by atoms with van der Waals surface area (Å²) in [6, 6.07) is 7.92. The fourth-order valence-electron chi connectivity index (χ4n) is 3.81. The Morgan fingerprint density at radius 2 is 1.64 bits per heavy atom. The van der Waals surface area contributed by atoms with E-state index in [4.69, 9.17) is 0 Å². The van der Waals surface area contributed by atoms with Crippen LogP contribution in [0.25, 0.3) is 0 Å². The van der Waals surface area contributed by atoms with Crippen LogP contribution in [-0.2, 0) is 14.4 Å². The first-order chi connectivity index (χ1) is 13.5. The molecule has 2 aliphatic heterocycles. The van der Waals surface area contributed by atoms with Gasteiger partial charge in [-0.3, -0.25) is 14.4 Å². The van der Waals surface area contributed by atoms with Crippen molar-refractivity contribution in [1.82, 2.24) is 9.80 Å². The number of carbonyl (C=O) groups is 3. The highest BCUT2D eigenvalue weighted by molar-refractivity contribution is 5.97. The zero-order chi connectivity index (χ0) is 20.1. The van der Waals surface area contributed by atoms with Crippen LogP contribution in [0.15, 0.2) is 24.3 Å². The number of piperidine rings is 1. The number of anilines is 2. The Kier molecular flexibility index (Phi) is 6.54. The predicted octanol–water partition coefficient (Wildman–Crippen LogP) is 1.58. The smallest absolute Gasteiger partial charge is 0.242 e. The summed E-state index contributed by atoms with van der Waals surface area (Å²) < 4.78 is 0. The summed E-state index contributed by atoms with van der Waals surface area (Å²) in [6.45, 7) is 8.02. The van der Waals surface area contributed by atoms with Crippen LogP contribution in [-0.4, -0.2) is 73.8 Å². The van der Waals surface area contributed by atoms with E-state index in [1.165, 1.54) is 24.7 Å². The number of hydrogen-bond acceptors (Lipinski definition) is 4. The second-order valence-electron chi connectivity index (χ2n) is 7.81.